The molecule has 5 N–H and O–H groups in total. The van der Waals surface area contributed by atoms with E-state index < -0.39 is 29.1 Å². The highest BCUT2D eigenvalue weighted by Gasteiger charge is 2.30. The van der Waals surface area contributed by atoms with Crippen molar-refractivity contribution in [3.8, 4) is 5.75 Å². The second kappa shape index (κ2) is 5.53. The summed E-state index contributed by atoms with van der Waals surface area (Å²) in [5.41, 5.74) is 6.44. The number of aromatic nitrogens is 1. The number of H-pyrrole nitrogens is 1. The first-order chi connectivity index (χ1) is 9.90. The molecule has 1 aromatic rings. The summed E-state index contributed by atoms with van der Waals surface area (Å²) in [6, 6.07) is -0.759. The monoisotopic (exact) mass is 295 g/mol. The van der Waals surface area contributed by atoms with Crippen LogP contribution in [0.3, 0.4) is 0 Å². The average molecular weight is 295 g/mol. The Morgan fingerprint density at radius 3 is 2.67 bits per heavy atom. The highest BCUT2D eigenvalue weighted by atomic mass is 16.3. The molecule has 2 rings (SSSR count). The van der Waals surface area contributed by atoms with E-state index in [0.29, 0.717) is 6.42 Å². The number of nitrogens with zero attached hydrogens (tertiary/aromatic N) is 2. The van der Waals surface area contributed by atoms with Crippen molar-refractivity contribution in [2.45, 2.75) is 6.42 Å². The van der Waals surface area contributed by atoms with Crippen molar-refractivity contribution < 1.29 is 19.5 Å². The molecule has 0 atom stereocenters. The third-order valence-electron chi connectivity index (χ3n) is 2.86. The number of aromatic hydroxyl groups is 1. The molecule has 1 aliphatic rings. The zero-order valence-electron chi connectivity index (χ0n) is 10.8. The van der Waals surface area contributed by atoms with Crippen LogP contribution < -0.4 is 16.6 Å². The molecule has 0 aliphatic carbocycles. The van der Waals surface area contributed by atoms with Crippen LogP contribution in [0.1, 0.15) is 16.9 Å². The number of aromatic amines is 1. The zero-order chi connectivity index (χ0) is 15.6. The van der Waals surface area contributed by atoms with Crippen molar-refractivity contribution in [1.29, 1.82) is 0 Å². The van der Waals surface area contributed by atoms with E-state index in [1.807, 2.05) is 0 Å². The van der Waals surface area contributed by atoms with Crippen LogP contribution in [0.15, 0.2) is 17.1 Å². The number of amides is 5. The van der Waals surface area contributed by atoms with Crippen LogP contribution in [0.5, 0.6) is 5.75 Å². The molecule has 5 amide bonds. The van der Waals surface area contributed by atoms with Crippen molar-refractivity contribution in [1.82, 2.24) is 20.3 Å². The standard InChI is InChI=1S/C11H13N5O5/c12-10(20)15-2-1-3-16(11(15)21)14-9(19)6-4-7(17)8(18)5-13-6/h4-5,18H,1-3H2,(H2,12,20)(H,13,17)(H,14,19). The maximum absolute atomic E-state index is 11.9. The molecule has 2 heterocycles. The van der Waals surface area contributed by atoms with E-state index in [9.17, 15) is 19.2 Å². The van der Waals surface area contributed by atoms with Crippen molar-refractivity contribution in [2.24, 2.45) is 5.73 Å². The quantitative estimate of drug-likeness (QED) is 0.548. The molecule has 0 spiro atoms. The summed E-state index contributed by atoms with van der Waals surface area (Å²) in [4.78, 5) is 49.3. The van der Waals surface area contributed by atoms with Gasteiger partial charge in [0.15, 0.2) is 5.75 Å². The molecule has 10 nitrogen and oxygen atoms in total. The highest BCUT2D eigenvalue weighted by molar-refractivity contribution is 5.97. The van der Waals surface area contributed by atoms with Gasteiger partial charge in [-0.15, -0.1) is 0 Å². The lowest BCUT2D eigenvalue weighted by Crippen LogP contribution is -2.59. The van der Waals surface area contributed by atoms with Gasteiger partial charge in [0.1, 0.15) is 5.69 Å². The molecule has 1 saturated heterocycles. The van der Waals surface area contributed by atoms with E-state index in [-0.39, 0.29) is 18.8 Å². The van der Waals surface area contributed by atoms with Gasteiger partial charge in [-0.3, -0.25) is 15.0 Å². The number of hydrogen-bond donors (Lipinski definition) is 4. The van der Waals surface area contributed by atoms with Crippen molar-refractivity contribution in [3.63, 3.8) is 0 Å². The molecule has 1 aromatic heterocycles. The molecule has 0 aromatic carbocycles. The summed E-state index contributed by atoms with van der Waals surface area (Å²) < 4.78 is 0. The molecular weight excluding hydrogens is 282 g/mol. The maximum Gasteiger partial charge on any atom is 0.346 e. The minimum Gasteiger partial charge on any atom is -0.503 e. The molecule has 0 bridgehead atoms. The lowest BCUT2D eigenvalue weighted by molar-refractivity contribution is 0.0738. The Morgan fingerprint density at radius 1 is 1.33 bits per heavy atom. The summed E-state index contributed by atoms with van der Waals surface area (Å²) in [6.07, 6.45) is 1.41. The summed E-state index contributed by atoms with van der Waals surface area (Å²) in [7, 11) is 0. The minimum atomic E-state index is -0.906. The van der Waals surface area contributed by atoms with Crippen LogP contribution in [0, 0.1) is 0 Å². The van der Waals surface area contributed by atoms with E-state index in [1.165, 1.54) is 0 Å². The second-order valence-corrected chi connectivity index (χ2v) is 4.31. The van der Waals surface area contributed by atoms with E-state index in [4.69, 9.17) is 10.8 Å². The molecule has 112 valence electrons. The van der Waals surface area contributed by atoms with Gasteiger partial charge in [0, 0.05) is 25.4 Å². The smallest absolute Gasteiger partial charge is 0.346 e. The fraction of sp³-hybridized carbons (Fsp3) is 0.273. The molecule has 0 radical (unpaired) electrons. The summed E-state index contributed by atoms with van der Waals surface area (Å²) >= 11 is 0. The first-order valence-corrected chi connectivity index (χ1v) is 6.01. The van der Waals surface area contributed by atoms with Gasteiger partial charge in [-0.2, -0.15) is 0 Å². The topological polar surface area (TPSA) is 149 Å². The number of hydrazine groups is 1. The Hall–Kier alpha value is -3.04. The van der Waals surface area contributed by atoms with Gasteiger partial charge in [0.25, 0.3) is 5.91 Å². The van der Waals surface area contributed by atoms with Crippen LogP contribution in [0.4, 0.5) is 9.59 Å². The van der Waals surface area contributed by atoms with Crippen molar-refractivity contribution >= 4 is 18.0 Å². The van der Waals surface area contributed by atoms with Gasteiger partial charge in [0.2, 0.25) is 5.43 Å². The first kappa shape index (κ1) is 14.4. The predicted molar refractivity (Wildman–Crippen MR) is 69.2 cm³/mol. The lowest BCUT2D eigenvalue weighted by Gasteiger charge is -2.33. The van der Waals surface area contributed by atoms with Crippen LogP contribution in [0.2, 0.25) is 0 Å². The van der Waals surface area contributed by atoms with Gasteiger partial charge in [0.05, 0.1) is 0 Å². The Balaban J connectivity index is 2.11. The van der Waals surface area contributed by atoms with Gasteiger partial charge < -0.3 is 15.8 Å². The summed E-state index contributed by atoms with van der Waals surface area (Å²) in [5.74, 6) is -1.28. The van der Waals surface area contributed by atoms with Gasteiger partial charge >= 0.3 is 12.1 Å². The number of nitrogens with one attached hydrogen (secondary N) is 2. The molecular formula is C11H13N5O5. The molecule has 10 heteroatoms. The SMILES string of the molecule is NC(=O)N1CCCN(NC(=O)c2cc(=O)c(O)c[nH]2)C1=O. The van der Waals surface area contributed by atoms with E-state index >= 15 is 0 Å². The number of imide groups is 1. The number of urea groups is 2. The summed E-state index contributed by atoms with van der Waals surface area (Å²) in [6.45, 7) is 0.382. The lowest BCUT2D eigenvalue weighted by atomic mass is 10.3. The zero-order valence-corrected chi connectivity index (χ0v) is 10.8. The van der Waals surface area contributed by atoms with Crippen LogP contribution in [-0.4, -0.2) is 51.1 Å². The number of rotatable bonds is 2. The van der Waals surface area contributed by atoms with Gasteiger partial charge in [-0.05, 0) is 6.42 Å². The van der Waals surface area contributed by atoms with Gasteiger partial charge in [-0.25, -0.2) is 19.5 Å². The van der Waals surface area contributed by atoms with Crippen LogP contribution >= 0.6 is 0 Å². The number of hydrogen-bond acceptors (Lipinski definition) is 5. The molecule has 0 saturated carbocycles. The Kier molecular flexibility index (Phi) is 3.78. The second-order valence-electron chi connectivity index (χ2n) is 4.31. The molecule has 1 fully saturated rings. The fourth-order valence-electron chi connectivity index (χ4n) is 1.81. The Bertz CT molecular complexity index is 655. The van der Waals surface area contributed by atoms with Crippen LogP contribution in [0.25, 0.3) is 0 Å². The average Bonchev–Trinajstić information content (AvgIpc) is 2.43. The molecule has 1 aliphatic heterocycles. The predicted octanol–water partition coefficient (Wildman–Crippen LogP) is -1.07. The molecule has 21 heavy (non-hydrogen) atoms. The van der Waals surface area contributed by atoms with Gasteiger partial charge in [-0.1, -0.05) is 0 Å². The summed E-state index contributed by atoms with van der Waals surface area (Å²) in [5, 5.41) is 10.0. The van der Waals surface area contributed by atoms with E-state index in [0.717, 1.165) is 22.2 Å². The number of primary amides is 1. The van der Waals surface area contributed by atoms with E-state index in [1.54, 1.807) is 0 Å². The number of carbonyl (C=O) groups is 3. The number of carbonyl (C=O) groups excluding carboxylic acids is 3. The minimum absolute atomic E-state index is 0.137. The largest absolute Gasteiger partial charge is 0.503 e. The van der Waals surface area contributed by atoms with E-state index in [2.05, 4.69) is 10.4 Å². The normalized spacial score (nSPS) is 15.0. The maximum atomic E-state index is 11.9. The number of pyridine rings is 1. The molecule has 0 unspecified atom stereocenters. The number of nitrogens with two attached hydrogens (primary N) is 1. The fourth-order valence-corrected chi connectivity index (χ4v) is 1.81. The third-order valence-corrected chi connectivity index (χ3v) is 2.86. The highest BCUT2D eigenvalue weighted by Crippen LogP contribution is 2.07. The Labute approximate surface area is 118 Å². The van der Waals surface area contributed by atoms with Crippen LogP contribution in [-0.2, 0) is 0 Å². The first-order valence-electron chi connectivity index (χ1n) is 6.01. The Morgan fingerprint density at radius 2 is 2.05 bits per heavy atom. The van der Waals surface area contributed by atoms with Crippen molar-refractivity contribution in [2.75, 3.05) is 13.1 Å². The third kappa shape index (κ3) is 2.94. The van der Waals surface area contributed by atoms with Crippen molar-refractivity contribution in [3.05, 3.63) is 28.2 Å².